The summed E-state index contributed by atoms with van der Waals surface area (Å²) < 4.78 is 4.95. The highest BCUT2D eigenvalue weighted by Gasteiger charge is 2.09. The van der Waals surface area contributed by atoms with Crippen LogP contribution in [-0.4, -0.2) is 23.8 Å². The molecule has 0 radical (unpaired) electrons. The van der Waals surface area contributed by atoms with Crippen molar-refractivity contribution in [3.63, 3.8) is 0 Å². The molecular formula is C14H15NO2S. The van der Waals surface area contributed by atoms with Crippen molar-refractivity contribution >= 4 is 17.7 Å². The summed E-state index contributed by atoms with van der Waals surface area (Å²) in [6.45, 7) is 2.19. The number of thioether (sulfide) groups is 1. The van der Waals surface area contributed by atoms with Gasteiger partial charge in [0.05, 0.1) is 12.2 Å². The Labute approximate surface area is 111 Å². The molecule has 0 bridgehead atoms. The molecule has 0 amide bonds. The first kappa shape index (κ1) is 12.8. The molecule has 0 fully saturated rings. The van der Waals surface area contributed by atoms with Crippen LogP contribution in [-0.2, 0) is 4.74 Å². The predicted molar refractivity (Wildman–Crippen MR) is 74.0 cm³/mol. The van der Waals surface area contributed by atoms with Crippen LogP contribution in [0, 0.1) is 0 Å². The van der Waals surface area contributed by atoms with E-state index in [9.17, 15) is 4.79 Å². The molecule has 0 unspecified atom stereocenters. The number of esters is 1. The van der Waals surface area contributed by atoms with Crippen molar-refractivity contribution in [1.29, 1.82) is 0 Å². The van der Waals surface area contributed by atoms with Crippen LogP contribution in [0.25, 0.3) is 11.3 Å². The van der Waals surface area contributed by atoms with Gasteiger partial charge in [0.15, 0.2) is 0 Å². The van der Waals surface area contributed by atoms with E-state index in [1.54, 1.807) is 24.9 Å². The van der Waals surface area contributed by atoms with Crippen molar-refractivity contribution in [3.05, 3.63) is 42.1 Å². The molecular weight excluding hydrogens is 246 g/mol. The number of aromatic amines is 1. The minimum Gasteiger partial charge on any atom is -0.462 e. The van der Waals surface area contributed by atoms with Gasteiger partial charge in [-0.05, 0) is 36.9 Å². The van der Waals surface area contributed by atoms with Gasteiger partial charge in [-0.3, -0.25) is 0 Å². The van der Waals surface area contributed by atoms with Crippen LogP contribution in [0.4, 0.5) is 0 Å². The van der Waals surface area contributed by atoms with E-state index in [0.29, 0.717) is 12.2 Å². The fraction of sp³-hybridized carbons (Fsp3) is 0.214. The number of H-pyrrole nitrogens is 1. The minimum absolute atomic E-state index is 0.291. The number of rotatable bonds is 4. The van der Waals surface area contributed by atoms with Crippen molar-refractivity contribution in [2.45, 2.75) is 11.8 Å². The third kappa shape index (κ3) is 2.76. The van der Waals surface area contributed by atoms with E-state index in [0.717, 1.165) is 11.3 Å². The van der Waals surface area contributed by atoms with E-state index in [1.165, 1.54) is 4.90 Å². The van der Waals surface area contributed by atoms with Crippen molar-refractivity contribution in [3.8, 4) is 11.3 Å². The van der Waals surface area contributed by atoms with Gasteiger partial charge in [-0.2, -0.15) is 0 Å². The summed E-state index contributed by atoms with van der Waals surface area (Å²) in [7, 11) is 0. The molecule has 4 heteroatoms. The van der Waals surface area contributed by atoms with E-state index in [2.05, 4.69) is 17.1 Å². The number of carbonyl (C=O) groups is 1. The Bertz CT molecular complexity index is 531. The van der Waals surface area contributed by atoms with Crippen LogP contribution < -0.4 is 0 Å². The molecule has 1 heterocycles. The smallest absolute Gasteiger partial charge is 0.339 e. The lowest BCUT2D eigenvalue weighted by Crippen LogP contribution is -2.02. The Morgan fingerprint density at radius 2 is 2.06 bits per heavy atom. The summed E-state index contributed by atoms with van der Waals surface area (Å²) >= 11 is 1.71. The lowest BCUT2D eigenvalue weighted by molar-refractivity contribution is 0.0526. The maximum absolute atomic E-state index is 11.5. The van der Waals surface area contributed by atoms with Crippen LogP contribution >= 0.6 is 11.8 Å². The second kappa shape index (κ2) is 5.78. The number of aromatic nitrogens is 1. The Morgan fingerprint density at radius 1 is 1.33 bits per heavy atom. The average molecular weight is 261 g/mol. The van der Waals surface area contributed by atoms with Crippen LogP contribution in [0.1, 0.15) is 17.3 Å². The monoisotopic (exact) mass is 261 g/mol. The van der Waals surface area contributed by atoms with E-state index in [4.69, 9.17) is 4.74 Å². The minimum atomic E-state index is -0.291. The molecule has 0 aliphatic heterocycles. The molecule has 0 aliphatic rings. The van der Waals surface area contributed by atoms with Gasteiger partial charge < -0.3 is 9.72 Å². The molecule has 0 atom stereocenters. The van der Waals surface area contributed by atoms with E-state index in [-0.39, 0.29) is 5.97 Å². The van der Waals surface area contributed by atoms with Crippen LogP contribution in [0.5, 0.6) is 0 Å². The number of carbonyl (C=O) groups excluding carboxylic acids is 1. The zero-order chi connectivity index (χ0) is 13.0. The first-order chi connectivity index (χ1) is 8.74. The van der Waals surface area contributed by atoms with Crippen LogP contribution in [0.2, 0.25) is 0 Å². The van der Waals surface area contributed by atoms with Gasteiger partial charge in [0.25, 0.3) is 0 Å². The maximum atomic E-state index is 11.5. The van der Waals surface area contributed by atoms with Gasteiger partial charge in [-0.1, -0.05) is 12.1 Å². The van der Waals surface area contributed by atoms with Gasteiger partial charge in [-0.25, -0.2) is 4.79 Å². The van der Waals surface area contributed by atoms with Crippen molar-refractivity contribution in [1.82, 2.24) is 4.98 Å². The van der Waals surface area contributed by atoms with E-state index in [1.807, 2.05) is 24.5 Å². The average Bonchev–Trinajstić information content (AvgIpc) is 2.89. The molecule has 18 heavy (non-hydrogen) atoms. The molecule has 2 aromatic rings. The highest BCUT2D eigenvalue weighted by Crippen LogP contribution is 2.23. The topological polar surface area (TPSA) is 42.1 Å². The molecule has 3 nitrogen and oxygen atoms in total. The summed E-state index contributed by atoms with van der Waals surface area (Å²) in [4.78, 5) is 15.9. The standard InChI is InChI=1S/C14H15NO2S/c1-3-17-14(16)11-8-13(15-9-11)10-4-6-12(18-2)7-5-10/h4-9,15H,3H2,1-2H3. The molecule has 1 N–H and O–H groups in total. The first-order valence-corrected chi connectivity index (χ1v) is 6.97. The molecule has 0 aliphatic carbocycles. The van der Waals surface area contributed by atoms with Gasteiger partial charge in [0.1, 0.15) is 0 Å². The number of hydrogen-bond donors (Lipinski definition) is 1. The third-order valence-corrected chi connectivity index (χ3v) is 3.34. The highest BCUT2D eigenvalue weighted by atomic mass is 32.2. The summed E-state index contributed by atoms with van der Waals surface area (Å²) in [6.07, 6.45) is 3.72. The largest absolute Gasteiger partial charge is 0.462 e. The van der Waals surface area contributed by atoms with Crippen LogP contribution in [0.3, 0.4) is 0 Å². The Hall–Kier alpha value is -1.68. The van der Waals surface area contributed by atoms with Gasteiger partial charge in [0, 0.05) is 16.8 Å². The number of ether oxygens (including phenoxy) is 1. The van der Waals surface area contributed by atoms with Crippen LogP contribution in [0.15, 0.2) is 41.4 Å². The zero-order valence-electron chi connectivity index (χ0n) is 10.4. The molecule has 0 saturated carbocycles. The first-order valence-electron chi connectivity index (χ1n) is 5.74. The second-order valence-electron chi connectivity index (χ2n) is 3.75. The summed E-state index contributed by atoms with van der Waals surface area (Å²) in [6, 6.07) is 10.0. The number of benzene rings is 1. The van der Waals surface area contributed by atoms with Crippen molar-refractivity contribution < 1.29 is 9.53 Å². The van der Waals surface area contributed by atoms with E-state index >= 15 is 0 Å². The third-order valence-electron chi connectivity index (χ3n) is 2.60. The molecule has 94 valence electrons. The van der Waals surface area contributed by atoms with Gasteiger partial charge >= 0.3 is 5.97 Å². The summed E-state index contributed by atoms with van der Waals surface area (Å²) in [5, 5.41) is 0. The number of nitrogens with one attached hydrogen (secondary N) is 1. The van der Waals surface area contributed by atoms with Crippen molar-refractivity contribution in [2.75, 3.05) is 12.9 Å². The molecule has 0 spiro atoms. The fourth-order valence-corrected chi connectivity index (χ4v) is 2.07. The van der Waals surface area contributed by atoms with Gasteiger partial charge in [-0.15, -0.1) is 11.8 Å². The quantitative estimate of drug-likeness (QED) is 0.675. The molecule has 1 aromatic carbocycles. The van der Waals surface area contributed by atoms with Crippen molar-refractivity contribution in [2.24, 2.45) is 0 Å². The number of hydrogen-bond acceptors (Lipinski definition) is 3. The fourth-order valence-electron chi connectivity index (χ4n) is 1.66. The lowest BCUT2D eigenvalue weighted by Gasteiger charge is -2.00. The summed E-state index contributed by atoms with van der Waals surface area (Å²) in [5.41, 5.74) is 2.54. The second-order valence-corrected chi connectivity index (χ2v) is 4.63. The Morgan fingerprint density at radius 3 is 2.67 bits per heavy atom. The normalized spacial score (nSPS) is 10.3. The Kier molecular flexibility index (Phi) is 4.10. The molecule has 0 saturated heterocycles. The lowest BCUT2D eigenvalue weighted by atomic mass is 10.1. The summed E-state index contributed by atoms with van der Waals surface area (Å²) in [5.74, 6) is -0.291. The Balaban J connectivity index is 2.20. The predicted octanol–water partition coefficient (Wildman–Crippen LogP) is 3.58. The molecule has 2 rings (SSSR count). The highest BCUT2D eigenvalue weighted by molar-refractivity contribution is 7.98. The van der Waals surface area contributed by atoms with Gasteiger partial charge in [0.2, 0.25) is 0 Å². The maximum Gasteiger partial charge on any atom is 0.339 e. The SMILES string of the molecule is CCOC(=O)c1c[nH]c(-c2ccc(SC)cc2)c1. The van der Waals surface area contributed by atoms with E-state index < -0.39 is 0 Å². The zero-order valence-corrected chi connectivity index (χ0v) is 11.2. The molecule has 1 aromatic heterocycles.